The summed E-state index contributed by atoms with van der Waals surface area (Å²) in [5, 5.41) is 2.95. The lowest BCUT2D eigenvalue weighted by molar-refractivity contribution is 0.596. The van der Waals surface area contributed by atoms with Crippen molar-refractivity contribution in [3.63, 3.8) is 0 Å². The minimum atomic E-state index is -3.39. The zero-order chi connectivity index (χ0) is 12.3. The molecule has 0 heterocycles. The van der Waals surface area contributed by atoms with Gasteiger partial charge in [0, 0.05) is 12.7 Å². The van der Waals surface area contributed by atoms with Crippen molar-refractivity contribution < 1.29 is 8.42 Å². The zero-order valence-corrected chi connectivity index (χ0v) is 10.2. The van der Waals surface area contributed by atoms with Gasteiger partial charge in [0.25, 0.3) is 0 Å². The van der Waals surface area contributed by atoms with Crippen molar-refractivity contribution >= 4 is 15.5 Å². The molecule has 2 aromatic rings. The fraction of sp³-hybridized carbons (Fsp3) is 0.0769. The summed E-state index contributed by atoms with van der Waals surface area (Å²) in [5.74, 6) is 0. The van der Waals surface area contributed by atoms with E-state index in [1.807, 2.05) is 0 Å². The van der Waals surface area contributed by atoms with Gasteiger partial charge in [-0.25, -0.2) is 8.42 Å². The Morgan fingerprint density at radius 3 is 1.88 bits per heavy atom. The number of sulfone groups is 1. The molecule has 0 bridgehead atoms. The highest BCUT2D eigenvalue weighted by Gasteiger charge is 2.16. The first-order valence-corrected chi connectivity index (χ1v) is 6.71. The number of nitrogens with one attached hydrogen (secondary N) is 1. The Labute approximate surface area is 101 Å². The van der Waals surface area contributed by atoms with Crippen LogP contribution in [0.15, 0.2) is 64.4 Å². The van der Waals surface area contributed by atoms with Gasteiger partial charge >= 0.3 is 0 Å². The third-order valence-electron chi connectivity index (χ3n) is 2.51. The smallest absolute Gasteiger partial charge is 0.206 e. The normalized spacial score (nSPS) is 11.1. The quantitative estimate of drug-likeness (QED) is 0.906. The summed E-state index contributed by atoms with van der Waals surface area (Å²) in [6.45, 7) is 0. The van der Waals surface area contributed by atoms with Crippen LogP contribution < -0.4 is 5.32 Å². The van der Waals surface area contributed by atoms with Crippen molar-refractivity contribution in [3.05, 3.63) is 54.6 Å². The standard InChI is InChI=1S/C13H13NO2S/c1-14-11-7-9-13(10-8-11)17(15,16)12-5-3-2-4-6-12/h2-10,14H,1H3. The first-order chi connectivity index (χ1) is 8.14. The lowest BCUT2D eigenvalue weighted by atomic mass is 10.3. The Morgan fingerprint density at radius 2 is 1.35 bits per heavy atom. The summed E-state index contributed by atoms with van der Waals surface area (Å²) in [7, 11) is -1.60. The molecule has 0 radical (unpaired) electrons. The summed E-state index contributed by atoms with van der Waals surface area (Å²) in [6.07, 6.45) is 0. The Kier molecular flexibility index (Phi) is 3.15. The number of rotatable bonds is 3. The van der Waals surface area contributed by atoms with Gasteiger partial charge in [-0.15, -0.1) is 0 Å². The molecule has 0 aromatic heterocycles. The van der Waals surface area contributed by atoms with Gasteiger partial charge < -0.3 is 5.32 Å². The molecule has 0 saturated carbocycles. The third-order valence-corrected chi connectivity index (χ3v) is 4.29. The molecule has 88 valence electrons. The maximum atomic E-state index is 12.2. The van der Waals surface area contributed by atoms with Gasteiger partial charge in [-0.2, -0.15) is 0 Å². The van der Waals surface area contributed by atoms with E-state index in [0.717, 1.165) is 5.69 Å². The second-order valence-corrected chi connectivity index (χ2v) is 5.54. The number of benzene rings is 2. The van der Waals surface area contributed by atoms with Crippen LogP contribution in [0.3, 0.4) is 0 Å². The van der Waals surface area contributed by atoms with E-state index in [9.17, 15) is 8.42 Å². The zero-order valence-electron chi connectivity index (χ0n) is 9.42. The molecule has 0 aliphatic carbocycles. The molecule has 0 unspecified atom stereocenters. The van der Waals surface area contributed by atoms with Crippen molar-refractivity contribution in [2.75, 3.05) is 12.4 Å². The average Bonchev–Trinajstić information content (AvgIpc) is 2.40. The number of anilines is 1. The van der Waals surface area contributed by atoms with Crippen LogP contribution in [0.25, 0.3) is 0 Å². The van der Waals surface area contributed by atoms with Crippen molar-refractivity contribution in [2.45, 2.75) is 9.79 Å². The summed E-state index contributed by atoms with van der Waals surface area (Å²) in [5.41, 5.74) is 0.886. The van der Waals surface area contributed by atoms with Crippen molar-refractivity contribution in [1.82, 2.24) is 0 Å². The molecule has 0 fully saturated rings. The molecule has 0 amide bonds. The Morgan fingerprint density at radius 1 is 0.824 bits per heavy atom. The molecule has 0 saturated heterocycles. The van der Waals surface area contributed by atoms with E-state index < -0.39 is 9.84 Å². The topological polar surface area (TPSA) is 46.2 Å². The van der Waals surface area contributed by atoms with Crippen LogP contribution in [-0.4, -0.2) is 15.5 Å². The van der Waals surface area contributed by atoms with Crippen LogP contribution in [0.1, 0.15) is 0 Å². The largest absolute Gasteiger partial charge is 0.388 e. The van der Waals surface area contributed by atoms with Gasteiger partial charge in [0.05, 0.1) is 9.79 Å². The molecule has 0 atom stereocenters. The molecule has 4 heteroatoms. The van der Waals surface area contributed by atoms with Crippen molar-refractivity contribution in [3.8, 4) is 0 Å². The van der Waals surface area contributed by atoms with Gasteiger partial charge in [0.15, 0.2) is 0 Å². The molecular formula is C13H13NO2S. The monoisotopic (exact) mass is 247 g/mol. The van der Waals surface area contributed by atoms with Gasteiger partial charge in [0.2, 0.25) is 9.84 Å². The highest BCUT2D eigenvalue weighted by Crippen LogP contribution is 2.21. The summed E-state index contributed by atoms with van der Waals surface area (Å²) >= 11 is 0. The Hall–Kier alpha value is -1.81. The molecule has 0 aliphatic rings. The molecule has 3 nitrogen and oxygen atoms in total. The first kappa shape index (κ1) is 11.7. The molecule has 2 aromatic carbocycles. The third kappa shape index (κ3) is 2.31. The number of hydrogen-bond acceptors (Lipinski definition) is 3. The van der Waals surface area contributed by atoms with Gasteiger partial charge in [-0.1, -0.05) is 18.2 Å². The first-order valence-electron chi connectivity index (χ1n) is 5.22. The average molecular weight is 247 g/mol. The van der Waals surface area contributed by atoms with E-state index in [4.69, 9.17) is 0 Å². The van der Waals surface area contributed by atoms with Crippen LogP contribution in [0.5, 0.6) is 0 Å². The second-order valence-electron chi connectivity index (χ2n) is 3.59. The molecule has 1 N–H and O–H groups in total. The van der Waals surface area contributed by atoms with Crippen LogP contribution in [0.2, 0.25) is 0 Å². The van der Waals surface area contributed by atoms with E-state index in [0.29, 0.717) is 9.79 Å². The highest BCUT2D eigenvalue weighted by atomic mass is 32.2. The summed E-state index contributed by atoms with van der Waals surface area (Å²) < 4.78 is 24.4. The minimum absolute atomic E-state index is 0.308. The molecule has 0 spiro atoms. The van der Waals surface area contributed by atoms with Crippen LogP contribution in [0, 0.1) is 0 Å². The van der Waals surface area contributed by atoms with E-state index >= 15 is 0 Å². The molecular weight excluding hydrogens is 234 g/mol. The minimum Gasteiger partial charge on any atom is -0.388 e. The molecule has 17 heavy (non-hydrogen) atoms. The van der Waals surface area contributed by atoms with E-state index in [1.54, 1.807) is 61.6 Å². The van der Waals surface area contributed by atoms with Gasteiger partial charge in [-0.05, 0) is 36.4 Å². The van der Waals surface area contributed by atoms with Gasteiger partial charge in [0.1, 0.15) is 0 Å². The summed E-state index contributed by atoms with van der Waals surface area (Å²) in [4.78, 5) is 0.625. The molecule has 2 rings (SSSR count). The van der Waals surface area contributed by atoms with E-state index in [-0.39, 0.29) is 0 Å². The molecule has 0 aliphatic heterocycles. The second kappa shape index (κ2) is 4.59. The predicted octanol–water partition coefficient (Wildman–Crippen LogP) is 2.56. The van der Waals surface area contributed by atoms with Crippen molar-refractivity contribution in [2.24, 2.45) is 0 Å². The fourth-order valence-electron chi connectivity index (χ4n) is 1.54. The van der Waals surface area contributed by atoms with Gasteiger partial charge in [-0.3, -0.25) is 0 Å². The van der Waals surface area contributed by atoms with E-state index in [1.165, 1.54) is 0 Å². The SMILES string of the molecule is CNc1ccc(S(=O)(=O)c2ccccc2)cc1. The van der Waals surface area contributed by atoms with Crippen LogP contribution in [0.4, 0.5) is 5.69 Å². The van der Waals surface area contributed by atoms with E-state index in [2.05, 4.69) is 5.32 Å². The lowest BCUT2D eigenvalue weighted by Gasteiger charge is -2.05. The predicted molar refractivity (Wildman–Crippen MR) is 67.9 cm³/mol. The highest BCUT2D eigenvalue weighted by molar-refractivity contribution is 7.91. The fourth-order valence-corrected chi connectivity index (χ4v) is 2.82. The maximum Gasteiger partial charge on any atom is 0.206 e. The Bertz CT molecular complexity index is 589. The van der Waals surface area contributed by atoms with Crippen LogP contribution >= 0.6 is 0 Å². The van der Waals surface area contributed by atoms with Crippen LogP contribution in [-0.2, 0) is 9.84 Å². The Balaban J connectivity index is 2.45. The lowest BCUT2D eigenvalue weighted by Crippen LogP contribution is -2.01. The summed E-state index contributed by atoms with van der Waals surface area (Å²) in [6, 6.07) is 15.1. The van der Waals surface area contributed by atoms with Crippen molar-refractivity contribution in [1.29, 1.82) is 0 Å². The maximum absolute atomic E-state index is 12.2. The number of hydrogen-bond donors (Lipinski definition) is 1.